The van der Waals surface area contributed by atoms with Gasteiger partial charge < -0.3 is 8.85 Å². The van der Waals surface area contributed by atoms with E-state index in [0.29, 0.717) is 0 Å². The Hall–Kier alpha value is 0.867. The highest BCUT2D eigenvalue weighted by Gasteiger charge is 2.33. The van der Waals surface area contributed by atoms with Gasteiger partial charge in [0.2, 0.25) is 0 Å². The molecule has 0 saturated heterocycles. The number of hydrogen-bond donors (Lipinski definition) is 0. The van der Waals surface area contributed by atoms with E-state index in [2.05, 4.69) is 43.4 Å². The second-order valence-corrected chi connectivity index (χ2v) is 8.76. The van der Waals surface area contributed by atoms with Crippen molar-refractivity contribution in [2.75, 3.05) is 17.3 Å². The molecule has 0 aromatic carbocycles. The van der Waals surface area contributed by atoms with Crippen molar-refractivity contribution in [1.29, 1.82) is 0 Å². The van der Waals surface area contributed by atoms with Gasteiger partial charge in [-0.3, -0.25) is 0 Å². The topological polar surface area (TPSA) is 18.5 Å². The lowest BCUT2D eigenvalue weighted by molar-refractivity contribution is 0.174. The predicted molar refractivity (Wildman–Crippen MR) is 67.6 cm³/mol. The Kier molecular flexibility index (Phi) is 8.74. The van der Waals surface area contributed by atoms with Crippen molar-refractivity contribution in [3.05, 3.63) is 0 Å². The molecule has 13 heavy (non-hydrogen) atoms. The second-order valence-electron chi connectivity index (χ2n) is 3.09. The van der Waals surface area contributed by atoms with Crippen LogP contribution in [0, 0.1) is 0 Å². The third kappa shape index (κ3) is 5.34. The molecule has 0 aromatic heterocycles. The first-order valence-corrected chi connectivity index (χ1v) is 8.84. The molecule has 0 saturated carbocycles. The summed E-state index contributed by atoms with van der Waals surface area (Å²) in [6, 6.07) is 1.07. The van der Waals surface area contributed by atoms with E-state index in [1.165, 1.54) is 0 Å². The Morgan fingerprint density at radius 1 is 1.00 bits per heavy atom. The fraction of sp³-hybridized carbons (Fsp3) is 1.00. The van der Waals surface area contributed by atoms with Gasteiger partial charge in [-0.05, 0) is 18.9 Å². The number of alkyl halides is 1. The van der Waals surface area contributed by atoms with E-state index < -0.39 is 8.56 Å². The van der Waals surface area contributed by atoms with Gasteiger partial charge >= 0.3 is 8.56 Å². The van der Waals surface area contributed by atoms with Crippen molar-refractivity contribution in [2.45, 2.75) is 39.7 Å². The van der Waals surface area contributed by atoms with Crippen LogP contribution in [0.3, 0.4) is 0 Å². The summed E-state index contributed by atoms with van der Waals surface area (Å²) in [6.07, 6.45) is 2.17. The third-order valence-electron chi connectivity index (χ3n) is 1.88. The fourth-order valence-electron chi connectivity index (χ4n) is 0.994. The Balaban J connectivity index is 3.97. The van der Waals surface area contributed by atoms with Crippen molar-refractivity contribution in [3.8, 4) is 0 Å². The molecule has 2 nitrogen and oxygen atoms in total. The molecule has 0 N–H and O–H groups in total. The first kappa shape index (κ1) is 13.9. The highest BCUT2D eigenvalue weighted by atomic mass is 127. The van der Waals surface area contributed by atoms with Gasteiger partial charge in [-0.25, -0.2) is 0 Å². The number of halogens is 1. The van der Waals surface area contributed by atoms with Crippen LogP contribution in [0.15, 0.2) is 0 Å². The smallest absolute Gasteiger partial charge is 0.347 e. The maximum atomic E-state index is 5.89. The summed E-state index contributed by atoms with van der Waals surface area (Å²) in [5.74, 6) is 0. The summed E-state index contributed by atoms with van der Waals surface area (Å²) in [7, 11) is -1.80. The van der Waals surface area contributed by atoms with E-state index in [4.69, 9.17) is 8.85 Å². The summed E-state index contributed by atoms with van der Waals surface area (Å²) in [4.78, 5) is 0. The standard InChI is InChI=1S/C9H21IO2Si/c1-4-7-11-13(6-3,9-10)12-8-5-2/h4-9H2,1-3H3. The molecular weight excluding hydrogens is 295 g/mol. The lowest BCUT2D eigenvalue weighted by Gasteiger charge is -2.27. The third-order valence-corrected chi connectivity index (χ3v) is 8.31. The van der Waals surface area contributed by atoms with Crippen LogP contribution in [0.4, 0.5) is 0 Å². The van der Waals surface area contributed by atoms with Gasteiger partial charge in [0.05, 0.1) is 0 Å². The molecule has 0 heterocycles. The highest BCUT2D eigenvalue weighted by Crippen LogP contribution is 2.17. The average Bonchev–Trinajstić information content (AvgIpc) is 2.20. The molecule has 4 heteroatoms. The van der Waals surface area contributed by atoms with Gasteiger partial charge in [-0.1, -0.05) is 43.4 Å². The first-order chi connectivity index (χ1) is 6.24. The van der Waals surface area contributed by atoms with E-state index in [1.807, 2.05) is 0 Å². The van der Waals surface area contributed by atoms with Crippen LogP contribution in [0.1, 0.15) is 33.6 Å². The molecule has 0 atom stereocenters. The van der Waals surface area contributed by atoms with Crippen molar-refractivity contribution >= 4 is 31.2 Å². The van der Waals surface area contributed by atoms with Gasteiger partial charge in [0.1, 0.15) is 0 Å². The maximum absolute atomic E-state index is 5.89. The summed E-state index contributed by atoms with van der Waals surface area (Å²) in [5, 5.41) is 0. The molecule has 80 valence electrons. The molecule has 0 radical (unpaired) electrons. The van der Waals surface area contributed by atoms with E-state index in [-0.39, 0.29) is 0 Å². The first-order valence-electron chi connectivity index (χ1n) is 5.08. The zero-order valence-electron chi connectivity index (χ0n) is 8.94. The van der Waals surface area contributed by atoms with Gasteiger partial charge in [0, 0.05) is 17.3 Å². The Morgan fingerprint density at radius 3 is 1.69 bits per heavy atom. The zero-order valence-corrected chi connectivity index (χ0v) is 12.1. The van der Waals surface area contributed by atoms with E-state index >= 15 is 0 Å². The van der Waals surface area contributed by atoms with E-state index in [1.54, 1.807) is 0 Å². The highest BCUT2D eigenvalue weighted by molar-refractivity contribution is 14.1. The molecular formula is C9H21IO2Si. The van der Waals surface area contributed by atoms with Gasteiger partial charge in [-0.15, -0.1) is 0 Å². The Labute approximate surface area is 96.8 Å². The molecule has 0 unspecified atom stereocenters. The van der Waals surface area contributed by atoms with Crippen LogP contribution in [-0.4, -0.2) is 25.8 Å². The Bertz CT molecular complexity index is 108. The van der Waals surface area contributed by atoms with E-state index in [9.17, 15) is 0 Å². The van der Waals surface area contributed by atoms with Gasteiger partial charge in [0.25, 0.3) is 0 Å². The minimum Gasteiger partial charge on any atom is -0.394 e. The lowest BCUT2D eigenvalue weighted by atomic mass is 10.5. The lowest BCUT2D eigenvalue weighted by Crippen LogP contribution is -2.44. The van der Waals surface area contributed by atoms with Gasteiger partial charge in [0.15, 0.2) is 0 Å². The molecule has 0 aliphatic heterocycles. The second kappa shape index (κ2) is 8.20. The normalized spacial score (nSPS) is 12.0. The molecule has 0 aromatic rings. The summed E-state index contributed by atoms with van der Waals surface area (Å²) < 4.78 is 12.8. The summed E-state index contributed by atoms with van der Waals surface area (Å²) in [6.45, 7) is 8.17. The monoisotopic (exact) mass is 316 g/mol. The van der Waals surface area contributed by atoms with Crippen molar-refractivity contribution in [3.63, 3.8) is 0 Å². The van der Waals surface area contributed by atoms with Crippen molar-refractivity contribution < 1.29 is 8.85 Å². The number of hydrogen-bond acceptors (Lipinski definition) is 2. The number of rotatable bonds is 8. The molecule has 0 bridgehead atoms. The largest absolute Gasteiger partial charge is 0.394 e. The van der Waals surface area contributed by atoms with Crippen molar-refractivity contribution in [1.82, 2.24) is 0 Å². The van der Waals surface area contributed by atoms with Crippen LogP contribution in [-0.2, 0) is 8.85 Å². The van der Waals surface area contributed by atoms with Crippen LogP contribution < -0.4 is 0 Å². The fourth-order valence-corrected chi connectivity index (χ4v) is 5.92. The quantitative estimate of drug-likeness (QED) is 0.389. The van der Waals surface area contributed by atoms with Crippen LogP contribution >= 0.6 is 22.6 Å². The molecule has 0 rings (SSSR count). The average molecular weight is 316 g/mol. The van der Waals surface area contributed by atoms with Crippen LogP contribution in [0.25, 0.3) is 0 Å². The van der Waals surface area contributed by atoms with Crippen LogP contribution in [0.5, 0.6) is 0 Å². The van der Waals surface area contributed by atoms with Crippen molar-refractivity contribution in [2.24, 2.45) is 0 Å². The molecule has 0 aliphatic carbocycles. The zero-order chi connectivity index (χ0) is 10.2. The van der Waals surface area contributed by atoms with Gasteiger partial charge in [-0.2, -0.15) is 0 Å². The molecule has 0 spiro atoms. The summed E-state index contributed by atoms with van der Waals surface area (Å²) in [5.41, 5.74) is 0. The Morgan fingerprint density at radius 2 is 1.46 bits per heavy atom. The van der Waals surface area contributed by atoms with Crippen LogP contribution in [0.2, 0.25) is 6.04 Å². The molecule has 0 fully saturated rings. The predicted octanol–water partition coefficient (Wildman–Crippen LogP) is 3.28. The SMILES string of the molecule is CCCO[Si](CC)(CI)OCCC. The maximum Gasteiger partial charge on any atom is 0.347 e. The summed E-state index contributed by atoms with van der Waals surface area (Å²) >= 11 is 2.39. The van der Waals surface area contributed by atoms with E-state index in [0.717, 1.165) is 36.2 Å². The molecule has 0 amide bonds. The molecule has 0 aliphatic rings. The minimum absolute atomic E-state index is 0.854. The minimum atomic E-state index is -1.80.